The van der Waals surface area contributed by atoms with Crippen molar-refractivity contribution >= 4 is 23.2 Å². The molecule has 1 heterocycles. The molecule has 1 N–H and O–H groups in total. The molecule has 2 rings (SSSR count). The quantitative estimate of drug-likeness (QED) is 0.733. The summed E-state index contributed by atoms with van der Waals surface area (Å²) in [6, 6.07) is 3.79. The lowest BCUT2D eigenvalue weighted by molar-refractivity contribution is 0.242. The highest BCUT2D eigenvalue weighted by Crippen LogP contribution is 2.34. The van der Waals surface area contributed by atoms with Gasteiger partial charge in [0.05, 0.1) is 22.5 Å². The Morgan fingerprint density at radius 1 is 1.27 bits per heavy atom. The highest BCUT2D eigenvalue weighted by atomic mass is 35.5. The summed E-state index contributed by atoms with van der Waals surface area (Å²) in [5.41, 5.74) is 1.05. The summed E-state index contributed by atoms with van der Waals surface area (Å²) >= 11 is 12.5. The molecule has 0 saturated carbocycles. The van der Waals surface area contributed by atoms with Gasteiger partial charge in [-0.1, -0.05) is 23.2 Å². The van der Waals surface area contributed by atoms with Gasteiger partial charge in [0, 0.05) is 25.5 Å². The summed E-state index contributed by atoms with van der Waals surface area (Å²) in [6.45, 7) is 6.49. The van der Waals surface area contributed by atoms with Gasteiger partial charge in [0.1, 0.15) is 0 Å². The molecule has 0 aliphatic rings. The van der Waals surface area contributed by atoms with E-state index in [-0.39, 0.29) is 6.10 Å². The van der Waals surface area contributed by atoms with Crippen molar-refractivity contribution in [2.24, 2.45) is 0 Å². The summed E-state index contributed by atoms with van der Waals surface area (Å²) in [7, 11) is 0. The lowest BCUT2D eigenvalue weighted by Gasteiger charge is -2.14. The van der Waals surface area contributed by atoms with Crippen molar-refractivity contribution in [3.8, 4) is 5.75 Å². The molecule has 0 atom stereocenters. The maximum atomic E-state index is 6.24. The van der Waals surface area contributed by atoms with Crippen LogP contribution in [0.25, 0.3) is 0 Å². The molecule has 22 heavy (non-hydrogen) atoms. The van der Waals surface area contributed by atoms with Crippen LogP contribution in [0.4, 0.5) is 0 Å². The van der Waals surface area contributed by atoms with Gasteiger partial charge < -0.3 is 14.6 Å². The largest absolute Gasteiger partial charge is 0.488 e. The molecule has 0 unspecified atom stereocenters. The van der Waals surface area contributed by atoms with Gasteiger partial charge in [-0.3, -0.25) is 0 Å². The molecule has 120 valence electrons. The van der Waals surface area contributed by atoms with Crippen LogP contribution in [0.1, 0.15) is 25.8 Å². The van der Waals surface area contributed by atoms with Crippen molar-refractivity contribution in [3.05, 3.63) is 46.5 Å². The fraction of sp³-hybridized carbons (Fsp3) is 0.438. The highest BCUT2D eigenvalue weighted by Gasteiger charge is 2.11. The number of ether oxygens (including phenoxy) is 1. The Hall–Kier alpha value is -1.23. The second-order valence-electron chi connectivity index (χ2n) is 5.39. The van der Waals surface area contributed by atoms with Crippen LogP contribution in [-0.4, -0.2) is 22.2 Å². The standard InChI is InChI=1S/C16H21Cl2N3O/c1-12(2)22-16-14(17)8-13(9-15(16)18)10-19-4-3-6-21-7-5-20-11-21/h5,7-9,11-12,19H,3-4,6,10H2,1-2H3. The number of aromatic nitrogens is 2. The predicted octanol–water partition coefficient (Wildman–Crippen LogP) is 4.16. The molecule has 1 aromatic heterocycles. The first-order valence-corrected chi connectivity index (χ1v) is 8.13. The molecule has 0 spiro atoms. The number of hydrogen-bond donors (Lipinski definition) is 1. The predicted molar refractivity (Wildman–Crippen MR) is 90.8 cm³/mol. The Kier molecular flexibility index (Phi) is 6.55. The lowest BCUT2D eigenvalue weighted by atomic mass is 10.2. The van der Waals surface area contributed by atoms with Crippen molar-refractivity contribution in [1.29, 1.82) is 0 Å². The van der Waals surface area contributed by atoms with E-state index in [1.807, 2.05) is 38.5 Å². The van der Waals surface area contributed by atoms with Crippen molar-refractivity contribution in [2.45, 2.75) is 39.5 Å². The third-order valence-electron chi connectivity index (χ3n) is 3.07. The number of nitrogens with zero attached hydrogens (tertiary/aromatic N) is 2. The number of hydrogen-bond acceptors (Lipinski definition) is 3. The molecule has 2 aromatic rings. The summed E-state index contributed by atoms with van der Waals surface area (Å²) in [6.07, 6.45) is 6.66. The van der Waals surface area contributed by atoms with Crippen LogP contribution >= 0.6 is 23.2 Å². The van der Waals surface area contributed by atoms with Gasteiger partial charge in [-0.05, 0) is 44.5 Å². The molecule has 0 saturated heterocycles. The SMILES string of the molecule is CC(C)Oc1c(Cl)cc(CNCCCn2ccnc2)cc1Cl. The van der Waals surface area contributed by atoms with Crippen LogP contribution in [-0.2, 0) is 13.1 Å². The number of aryl methyl sites for hydroxylation is 1. The maximum absolute atomic E-state index is 6.24. The third kappa shape index (κ3) is 5.20. The van der Waals surface area contributed by atoms with Gasteiger partial charge in [-0.2, -0.15) is 0 Å². The van der Waals surface area contributed by atoms with E-state index in [1.165, 1.54) is 0 Å². The van der Waals surface area contributed by atoms with Crippen molar-refractivity contribution in [3.63, 3.8) is 0 Å². The van der Waals surface area contributed by atoms with E-state index in [1.54, 1.807) is 6.20 Å². The van der Waals surface area contributed by atoms with Crippen molar-refractivity contribution < 1.29 is 4.74 Å². The molecular weight excluding hydrogens is 321 g/mol. The first-order chi connectivity index (χ1) is 10.6. The van der Waals surface area contributed by atoms with Crippen LogP contribution in [0.15, 0.2) is 30.9 Å². The number of halogens is 2. The van der Waals surface area contributed by atoms with E-state index in [2.05, 4.69) is 14.9 Å². The minimum atomic E-state index is 0.0437. The maximum Gasteiger partial charge on any atom is 0.156 e. The second kappa shape index (κ2) is 8.42. The average molecular weight is 342 g/mol. The van der Waals surface area contributed by atoms with E-state index in [9.17, 15) is 0 Å². The lowest BCUT2D eigenvalue weighted by Crippen LogP contribution is -2.16. The Bertz CT molecular complexity index is 562. The average Bonchev–Trinajstić information content (AvgIpc) is 2.95. The smallest absolute Gasteiger partial charge is 0.156 e. The number of nitrogens with one attached hydrogen (secondary N) is 1. The zero-order chi connectivity index (χ0) is 15.9. The number of imidazole rings is 1. The Labute approximate surface area is 141 Å². The molecular formula is C16H21Cl2N3O. The molecule has 4 nitrogen and oxygen atoms in total. The molecule has 1 aromatic carbocycles. The van der Waals surface area contributed by atoms with Gasteiger partial charge in [0.2, 0.25) is 0 Å². The van der Waals surface area contributed by atoms with Crippen molar-refractivity contribution in [1.82, 2.24) is 14.9 Å². The third-order valence-corrected chi connectivity index (χ3v) is 3.63. The van der Waals surface area contributed by atoms with E-state index in [0.29, 0.717) is 15.8 Å². The Morgan fingerprint density at radius 3 is 2.59 bits per heavy atom. The van der Waals surface area contributed by atoms with Gasteiger partial charge in [0.15, 0.2) is 5.75 Å². The minimum absolute atomic E-state index is 0.0437. The monoisotopic (exact) mass is 341 g/mol. The number of benzene rings is 1. The molecule has 0 aliphatic heterocycles. The molecule has 0 bridgehead atoms. The van der Waals surface area contributed by atoms with Crippen LogP contribution in [0.3, 0.4) is 0 Å². The molecule has 0 amide bonds. The van der Waals surface area contributed by atoms with Crippen LogP contribution < -0.4 is 10.1 Å². The second-order valence-corrected chi connectivity index (χ2v) is 6.20. The fourth-order valence-corrected chi connectivity index (χ4v) is 2.72. The van der Waals surface area contributed by atoms with Crippen molar-refractivity contribution in [2.75, 3.05) is 6.54 Å². The van der Waals surface area contributed by atoms with E-state index in [0.717, 1.165) is 31.6 Å². The molecule has 0 radical (unpaired) electrons. The van der Waals surface area contributed by atoms with Crippen LogP contribution in [0, 0.1) is 0 Å². The fourth-order valence-electron chi connectivity index (χ4n) is 2.10. The minimum Gasteiger partial charge on any atom is -0.488 e. The van der Waals surface area contributed by atoms with E-state index in [4.69, 9.17) is 27.9 Å². The van der Waals surface area contributed by atoms with Gasteiger partial charge in [-0.15, -0.1) is 0 Å². The van der Waals surface area contributed by atoms with Crippen LogP contribution in [0.2, 0.25) is 10.0 Å². The molecule has 0 fully saturated rings. The van der Waals surface area contributed by atoms with Gasteiger partial charge in [0.25, 0.3) is 0 Å². The van der Waals surface area contributed by atoms with Crippen LogP contribution in [0.5, 0.6) is 5.75 Å². The van der Waals surface area contributed by atoms with Gasteiger partial charge in [-0.25, -0.2) is 4.98 Å². The zero-order valence-corrected chi connectivity index (χ0v) is 14.4. The first kappa shape index (κ1) is 17.1. The summed E-state index contributed by atoms with van der Waals surface area (Å²) < 4.78 is 7.69. The highest BCUT2D eigenvalue weighted by molar-refractivity contribution is 6.37. The summed E-state index contributed by atoms with van der Waals surface area (Å²) in [4.78, 5) is 4.02. The number of rotatable bonds is 8. The first-order valence-electron chi connectivity index (χ1n) is 7.37. The van der Waals surface area contributed by atoms with E-state index >= 15 is 0 Å². The van der Waals surface area contributed by atoms with E-state index < -0.39 is 0 Å². The summed E-state index contributed by atoms with van der Waals surface area (Å²) in [5, 5.41) is 4.49. The van der Waals surface area contributed by atoms with Gasteiger partial charge >= 0.3 is 0 Å². The molecule has 6 heteroatoms. The Morgan fingerprint density at radius 2 is 2.00 bits per heavy atom. The molecule has 0 aliphatic carbocycles. The normalized spacial score (nSPS) is 11.1. The zero-order valence-electron chi connectivity index (χ0n) is 12.9. The summed E-state index contributed by atoms with van der Waals surface area (Å²) in [5.74, 6) is 0.558. The topological polar surface area (TPSA) is 39.1 Å². The Balaban J connectivity index is 1.80.